The molecular weight excluding hydrogens is 301 g/mol. The van der Waals surface area contributed by atoms with Gasteiger partial charge in [-0.25, -0.2) is 0 Å². The van der Waals surface area contributed by atoms with Crippen LogP contribution in [0.3, 0.4) is 0 Å². The SMILES string of the molecule is CC(C)CC1CN(c2cc(C(F)(F)F)ccc2Cl)CCN1. The topological polar surface area (TPSA) is 15.3 Å². The summed E-state index contributed by atoms with van der Waals surface area (Å²) in [6.07, 6.45) is -3.35. The molecule has 1 aromatic rings. The number of hydrogen-bond acceptors (Lipinski definition) is 2. The van der Waals surface area contributed by atoms with Crippen LogP contribution in [0.2, 0.25) is 5.02 Å². The van der Waals surface area contributed by atoms with Gasteiger partial charge in [-0.05, 0) is 30.5 Å². The minimum absolute atomic E-state index is 0.282. The predicted octanol–water partition coefficient (Wildman–Crippen LogP) is 4.18. The van der Waals surface area contributed by atoms with Crippen LogP contribution in [0.4, 0.5) is 18.9 Å². The summed E-state index contributed by atoms with van der Waals surface area (Å²) < 4.78 is 38.5. The first-order valence-corrected chi connectivity index (χ1v) is 7.50. The molecule has 6 heteroatoms. The number of hydrogen-bond donors (Lipinski definition) is 1. The molecule has 0 radical (unpaired) electrons. The van der Waals surface area contributed by atoms with Gasteiger partial charge >= 0.3 is 6.18 Å². The van der Waals surface area contributed by atoms with E-state index >= 15 is 0 Å². The Kier molecular flexibility index (Phi) is 5.04. The minimum Gasteiger partial charge on any atom is -0.367 e. The molecule has 0 saturated carbocycles. The number of piperazine rings is 1. The summed E-state index contributed by atoms with van der Waals surface area (Å²) in [5.41, 5.74) is -0.178. The lowest BCUT2D eigenvalue weighted by atomic mass is 10.0. The largest absolute Gasteiger partial charge is 0.416 e. The Morgan fingerprint density at radius 2 is 2.10 bits per heavy atom. The number of nitrogens with one attached hydrogen (secondary N) is 1. The molecular formula is C15H20ClF3N2. The van der Waals surface area contributed by atoms with Gasteiger partial charge in [0.2, 0.25) is 0 Å². The Hall–Kier alpha value is -0.940. The second kappa shape index (κ2) is 6.44. The van der Waals surface area contributed by atoms with Gasteiger partial charge in [0, 0.05) is 25.7 Å². The zero-order chi connectivity index (χ0) is 15.6. The standard InChI is InChI=1S/C15H20ClF3N2/c1-10(2)7-12-9-21(6-5-20-12)14-8-11(15(17,18)19)3-4-13(14)16/h3-4,8,10,12,20H,5-7,9H2,1-2H3. The fraction of sp³-hybridized carbons (Fsp3) is 0.600. The van der Waals surface area contributed by atoms with Crippen molar-refractivity contribution in [3.63, 3.8) is 0 Å². The first-order chi connectivity index (χ1) is 9.77. The van der Waals surface area contributed by atoms with Crippen molar-refractivity contribution >= 4 is 17.3 Å². The van der Waals surface area contributed by atoms with E-state index in [1.807, 2.05) is 4.90 Å². The van der Waals surface area contributed by atoms with Crippen LogP contribution in [0, 0.1) is 5.92 Å². The van der Waals surface area contributed by atoms with Gasteiger partial charge in [0.15, 0.2) is 0 Å². The smallest absolute Gasteiger partial charge is 0.367 e. The van der Waals surface area contributed by atoms with Crippen LogP contribution >= 0.6 is 11.6 Å². The van der Waals surface area contributed by atoms with E-state index in [1.54, 1.807) is 0 Å². The van der Waals surface area contributed by atoms with Crippen LogP contribution in [0.5, 0.6) is 0 Å². The highest BCUT2D eigenvalue weighted by atomic mass is 35.5. The molecule has 0 aromatic heterocycles. The molecule has 1 heterocycles. The number of halogens is 4. The fourth-order valence-corrected chi connectivity index (χ4v) is 2.94. The lowest BCUT2D eigenvalue weighted by Crippen LogP contribution is -2.51. The maximum atomic E-state index is 12.8. The summed E-state index contributed by atoms with van der Waals surface area (Å²) in [6, 6.07) is 3.79. The summed E-state index contributed by atoms with van der Waals surface area (Å²) >= 11 is 6.10. The summed E-state index contributed by atoms with van der Waals surface area (Å²) in [5.74, 6) is 0.541. The van der Waals surface area contributed by atoms with Gasteiger partial charge in [0.1, 0.15) is 0 Å². The lowest BCUT2D eigenvalue weighted by molar-refractivity contribution is -0.137. The number of anilines is 1. The maximum absolute atomic E-state index is 12.8. The minimum atomic E-state index is -4.34. The van der Waals surface area contributed by atoms with Gasteiger partial charge in [-0.2, -0.15) is 13.2 Å². The van der Waals surface area contributed by atoms with E-state index < -0.39 is 11.7 Å². The monoisotopic (exact) mass is 320 g/mol. The Morgan fingerprint density at radius 1 is 1.38 bits per heavy atom. The van der Waals surface area contributed by atoms with Gasteiger partial charge in [0.25, 0.3) is 0 Å². The molecule has 21 heavy (non-hydrogen) atoms. The van der Waals surface area contributed by atoms with Gasteiger partial charge < -0.3 is 10.2 Å². The molecule has 2 rings (SSSR count). The van der Waals surface area contributed by atoms with E-state index in [0.717, 1.165) is 25.1 Å². The van der Waals surface area contributed by atoms with Crippen molar-refractivity contribution in [2.75, 3.05) is 24.5 Å². The third-order valence-corrected chi connectivity index (χ3v) is 3.95. The van der Waals surface area contributed by atoms with Crippen LogP contribution in [-0.2, 0) is 6.18 Å². The summed E-state index contributed by atoms with van der Waals surface area (Å²) in [5, 5.41) is 3.78. The molecule has 2 nitrogen and oxygen atoms in total. The zero-order valence-corrected chi connectivity index (χ0v) is 12.9. The van der Waals surface area contributed by atoms with E-state index in [0.29, 0.717) is 29.7 Å². The lowest BCUT2D eigenvalue weighted by Gasteiger charge is -2.36. The number of rotatable bonds is 3. The van der Waals surface area contributed by atoms with E-state index in [2.05, 4.69) is 19.2 Å². The first-order valence-electron chi connectivity index (χ1n) is 7.12. The van der Waals surface area contributed by atoms with Gasteiger partial charge in [-0.3, -0.25) is 0 Å². The number of nitrogens with zero attached hydrogens (tertiary/aromatic N) is 1. The van der Waals surface area contributed by atoms with E-state index in [-0.39, 0.29) is 6.04 Å². The predicted molar refractivity (Wildman–Crippen MR) is 79.9 cm³/mol. The van der Waals surface area contributed by atoms with Crippen LogP contribution in [0.1, 0.15) is 25.8 Å². The number of alkyl halides is 3. The quantitative estimate of drug-likeness (QED) is 0.898. The average Bonchev–Trinajstić information content (AvgIpc) is 2.37. The van der Waals surface area contributed by atoms with Crippen molar-refractivity contribution in [1.29, 1.82) is 0 Å². The van der Waals surface area contributed by atoms with Crippen molar-refractivity contribution in [3.05, 3.63) is 28.8 Å². The first kappa shape index (κ1) is 16.4. The zero-order valence-electron chi connectivity index (χ0n) is 12.2. The summed E-state index contributed by atoms with van der Waals surface area (Å²) in [7, 11) is 0. The molecule has 0 amide bonds. The normalized spacial score (nSPS) is 20.1. The summed E-state index contributed by atoms with van der Waals surface area (Å²) in [4.78, 5) is 1.95. The van der Waals surface area contributed by atoms with Crippen molar-refractivity contribution in [2.24, 2.45) is 5.92 Å². The molecule has 0 spiro atoms. The average molecular weight is 321 g/mol. The second-order valence-electron chi connectivity index (χ2n) is 5.89. The molecule has 1 aliphatic rings. The Labute approximate surface area is 128 Å². The molecule has 1 aromatic carbocycles. The van der Waals surface area contributed by atoms with Crippen molar-refractivity contribution < 1.29 is 13.2 Å². The Bertz CT molecular complexity index is 488. The maximum Gasteiger partial charge on any atom is 0.416 e. The molecule has 118 valence electrons. The van der Waals surface area contributed by atoms with Crippen LogP contribution in [0.15, 0.2) is 18.2 Å². The van der Waals surface area contributed by atoms with E-state index in [1.165, 1.54) is 6.07 Å². The fourth-order valence-electron chi connectivity index (χ4n) is 2.70. The van der Waals surface area contributed by atoms with E-state index in [4.69, 9.17) is 11.6 Å². The molecule has 0 bridgehead atoms. The van der Waals surface area contributed by atoms with E-state index in [9.17, 15) is 13.2 Å². The third-order valence-electron chi connectivity index (χ3n) is 3.63. The van der Waals surface area contributed by atoms with Crippen molar-refractivity contribution in [1.82, 2.24) is 5.32 Å². The van der Waals surface area contributed by atoms with Crippen LogP contribution in [-0.4, -0.2) is 25.7 Å². The molecule has 0 aliphatic carbocycles. The molecule has 1 atom stereocenters. The van der Waals surface area contributed by atoms with Gasteiger partial charge in [-0.15, -0.1) is 0 Å². The molecule has 1 saturated heterocycles. The molecule has 1 unspecified atom stereocenters. The van der Waals surface area contributed by atoms with Gasteiger partial charge in [-0.1, -0.05) is 25.4 Å². The highest BCUT2D eigenvalue weighted by Crippen LogP contribution is 2.35. The Balaban J connectivity index is 2.20. The van der Waals surface area contributed by atoms with Gasteiger partial charge in [0.05, 0.1) is 16.3 Å². The third kappa shape index (κ3) is 4.27. The summed E-state index contributed by atoms with van der Waals surface area (Å²) in [6.45, 7) is 6.37. The van der Waals surface area contributed by atoms with Crippen LogP contribution in [0.25, 0.3) is 0 Å². The van der Waals surface area contributed by atoms with Crippen molar-refractivity contribution in [2.45, 2.75) is 32.5 Å². The Morgan fingerprint density at radius 3 is 2.71 bits per heavy atom. The highest BCUT2D eigenvalue weighted by molar-refractivity contribution is 6.33. The second-order valence-corrected chi connectivity index (χ2v) is 6.30. The molecule has 1 fully saturated rings. The molecule has 1 aliphatic heterocycles. The number of benzene rings is 1. The molecule has 1 N–H and O–H groups in total. The van der Waals surface area contributed by atoms with Crippen molar-refractivity contribution in [3.8, 4) is 0 Å². The van der Waals surface area contributed by atoms with Crippen LogP contribution < -0.4 is 10.2 Å². The highest BCUT2D eigenvalue weighted by Gasteiger charge is 2.32.